The number of pyridine rings is 1. The Labute approximate surface area is 125 Å². The molecule has 0 aliphatic carbocycles. The van der Waals surface area contributed by atoms with Gasteiger partial charge in [0.2, 0.25) is 10.0 Å². The summed E-state index contributed by atoms with van der Waals surface area (Å²) in [6, 6.07) is 8.52. The summed E-state index contributed by atoms with van der Waals surface area (Å²) < 4.78 is 33.4. The van der Waals surface area contributed by atoms with Crippen molar-refractivity contribution in [2.75, 3.05) is 6.61 Å². The zero-order valence-corrected chi connectivity index (χ0v) is 12.7. The van der Waals surface area contributed by atoms with Crippen LogP contribution in [0.2, 0.25) is 0 Å². The molecule has 2 heterocycles. The third-order valence-corrected chi connectivity index (χ3v) is 4.86. The molecule has 0 amide bonds. The lowest BCUT2D eigenvalue weighted by atomic mass is 10.1. The molecule has 0 saturated heterocycles. The van der Waals surface area contributed by atoms with Gasteiger partial charge in [-0.2, -0.15) is 0 Å². The minimum absolute atomic E-state index is 0.122. The molecule has 1 aromatic heterocycles. The van der Waals surface area contributed by atoms with Gasteiger partial charge in [0.15, 0.2) is 0 Å². The monoisotopic (exact) mass is 354 g/mol. The molecule has 104 valence electrons. The Morgan fingerprint density at radius 3 is 2.90 bits per heavy atom. The molecule has 1 aromatic carbocycles. The number of hydrogen-bond acceptors (Lipinski definition) is 4. The Hall–Kier alpha value is -1.44. The van der Waals surface area contributed by atoms with Crippen LogP contribution in [0.5, 0.6) is 5.75 Å². The molecule has 0 spiro atoms. The number of nitrogens with one attached hydrogen (secondary N) is 1. The van der Waals surface area contributed by atoms with Gasteiger partial charge in [-0.25, -0.2) is 13.1 Å². The molecule has 1 aliphatic rings. The number of nitrogens with zero attached hydrogens (tertiary/aromatic N) is 1. The van der Waals surface area contributed by atoms with E-state index in [-0.39, 0.29) is 10.9 Å². The highest BCUT2D eigenvalue weighted by Crippen LogP contribution is 2.32. The molecule has 2 aromatic rings. The number of aromatic nitrogens is 1. The normalized spacial score (nSPS) is 17.6. The van der Waals surface area contributed by atoms with Crippen molar-refractivity contribution in [1.29, 1.82) is 0 Å². The second-order valence-electron chi connectivity index (χ2n) is 4.36. The fourth-order valence-corrected chi connectivity index (χ4v) is 3.76. The predicted octanol–water partition coefficient (Wildman–Crippen LogP) is 2.26. The molecule has 3 rings (SSSR count). The number of fused-ring (bicyclic) bond motifs is 1. The SMILES string of the molecule is O=S(=O)(NC1COc2ccccc21)c1cncc(Br)c1. The first kappa shape index (κ1) is 13.5. The van der Waals surface area contributed by atoms with Crippen molar-refractivity contribution in [3.8, 4) is 5.75 Å². The Bertz CT molecular complexity index is 749. The Balaban J connectivity index is 1.89. The number of ether oxygens (including phenoxy) is 1. The lowest BCUT2D eigenvalue weighted by molar-refractivity contribution is 0.325. The van der Waals surface area contributed by atoms with E-state index in [4.69, 9.17) is 4.74 Å². The van der Waals surface area contributed by atoms with Gasteiger partial charge in [0.1, 0.15) is 17.3 Å². The number of benzene rings is 1. The van der Waals surface area contributed by atoms with Gasteiger partial charge in [-0.05, 0) is 28.1 Å². The van der Waals surface area contributed by atoms with Gasteiger partial charge in [-0.1, -0.05) is 18.2 Å². The van der Waals surface area contributed by atoms with Crippen LogP contribution in [-0.4, -0.2) is 20.0 Å². The molecule has 0 bridgehead atoms. The second kappa shape index (κ2) is 5.16. The summed E-state index contributed by atoms with van der Waals surface area (Å²) >= 11 is 3.21. The Kier molecular flexibility index (Phi) is 3.49. The topological polar surface area (TPSA) is 68.3 Å². The fraction of sp³-hybridized carbons (Fsp3) is 0.154. The van der Waals surface area contributed by atoms with Crippen LogP contribution in [0.1, 0.15) is 11.6 Å². The first-order chi connectivity index (χ1) is 9.56. The van der Waals surface area contributed by atoms with Crippen LogP contribution in [0.3, 0.4) is 0 Å². The van der Waals surface area contributed by atoms with Gasteiger partial charge < -0.3 is 4.74 Å². The van der Waals surface area contributed by atoms with E-state index in [0.717, 1.165) is 5.56 Å². The molecular formula is C13H11BrN2O3S. The van der Waals surface area contributed by atoms with E-state index in [1.54, 1.807) is 0 Å². The van der Waals surface area contributed by atoms with Crippen LogP contribution >= 0.6 is 15.9 Å². The first-order valence-electron chi connectivity index (χ1n) is 5.91. The van der Waals surface area contributed by atoms with Crippen molar-refractivity contribution in [2.24, 2.45) is 0 Å². The number of halogens is 1. The molecule has 1 atom stereocenters. The molecule has 0 saturated carbocycles. The van der Waals surface area contributed by atoms with Crippen LogP contribution in [-0.2, 0) is 10.0 Å². The fourth-order valence-electron chi connectivity index (χ4n) is 2.05. The van der Waals surface area contributed by atoms with Gasteiger partial charge in [-0.3, -0.25) is 4.98 Å². The van der Waals surface area contributed by atoms with Gasteiger partial charge in [0.05, 0.1) is 6.04 Å². The van der Waals surface area contributed by atoms with Crippen molar-refractivity contribution in [3.63, 3.8) is 0 Å². The summed E-state index contributed by atoms with van der Waals surface area (Å²) in [7, 11) is -3.63. The highest BCUT2D eigenvalue weighted by atomic mass is 79.9. The van der Waals surface area contributed by atoms with Gasteiger partial charge in [-0.15, -0.1) is 0 Å². The minimum Gasteiger partial charge on any atom is -0.491 e. The molecule has 7 heteroatoms. The van der Waals surface area contributed by atoms with E-state index in [2.05, 4.69) is 25.6 Å². The Morgan fingerprint density at radius 1 is 1.30 bits per heavy atom. The van der Waals surface area contributed by atoms with Crippen LogP contribution in [0.4, 0.5) is 0 Å². The van der Waals surface area contributed by atoms with Crippen molar-refractivity contribution >= 4 is 26.0 Å². The molecule has 1 unspecified atom stereocenters. The lowest BCUT2D eigenvalue weighted by Crippen LogP contribution is -2.29. The maximum absolute atomic E-state index is 12.3. The third-order valence-electron chi connectivity index (χ3n) is 2.99. The van der Waals surface area contributed by atoms with Crippen molar-refractivity contribution in [1.82, 2.24) is 9.71 Å². The van der Waals surface area contributed by atoms with Crippen LogP contribution in [0.25, 0.3) is 0 Å². The van der Waals surface area contributed by atoms with E-state index in [1.165, 1.54) is 18.5 Å². The van der Waals surface area contributed by atoms with Crippen molar-refractivity contribution in [2.45, 2.75) is 10.9 Å². The summed E-state index contributed by atoms with van der Waals surface area (Å²) in [6.07, 6.45) is 2.85. The summed E-state index contributed by atoms with van der Waals surface area (Å²) in [4.78, 5) is 3.99. The zero-order chi connectivity index (χ0) is 14.2. The number of rotatable bonds is 3. The van der Waals surface area contributed by atoms with Crippen molar-refractivity contribution < 1.29 is 13.2 Å². The predicted molar refractivity (Wildman–Crippen MR) is 76.9 cm³/mol. The highest BCUT2D eigenvalue weighted by molar-refractivity contribution is 9.10. The van der Waals surface area contributed by atoms with Gasteiger partial charge >= 0.3 is 0 Å². The maximum Gasteiger partial charge on any atom is 0.242 e. The minimum atomic E-state index is -3.63. The summed E-state index contributed by atoms with van der Waals surface area (Å²) in [5, 5.41) is 0. The maximum atomic E-state index is 12.3. The smallest absolute Gasteiger partial charge is 0.242 e. The molecule has 1 aliphatic heterocycles. The standard InChI is InChI=1S/C13H11BrN2O3S/c14-9-5-10(7-15-6-9)20(17,18)16-12-8-19-13-4-2-1-3-11(12)13/h1-7,12,16H,8H2. The first-order valence-corrected chi connectivity index (χ1v) is 8.18. The molecule has 1 N–H and O–H groups in total. The second-order valence-corrected chi connectivity index (χ2v) is 6.99. The quantitative estimate of drug-likeness (QED) is 0.917. The van der Waals surface area contributed by atoms with E-state index >= 15 is 0 Å². The summed E-state index contributed by atoms with van der Waals surface area (Å²) in [6.45, 7) is 0.292. The van der Waals surface area contributed by atoms with Gasteiger partial charge in [0.25, 0.3) is 0 Å². The molecule has 20 heavy (non-hydrogen) atoms. The lowest BCUT2D eigenvalue weighted by Gasteiger charge is -2.12. The molecular weight excluding hydrogens is 344 g/mol. The summed E-state index contributed by atoms with van der Waals surface area (Å²) in [5.41, 5.74) is 0.846. The Morgan fingerprint density at radius 2 is 2.10 bits per heavy atom. The molecule has 5 nitrogen and oxygen atoms in total. The van der Waals surface area contributed by atoms with Crippen LogP contribution in [0.15, 0.2) is 52.1 Å². The van der Waals surface area contributed by atoms with E-state index < -0.39 is 10.0 Å². The van der Waals surface area contributed by atoms with E-state index in [9.17, 15) is 8.42 Å². The van der Waals surface area contributed by atoms with E-state index in [1.807, 2.05) is 24.3 Å². The average Bonchev–Trinajstić information content (AvgIpc) is 2.82. The number of sulfonamides is 1. The van der Waals surface area contributed by atoms with Crippen LogP contribution in [0, 0.1) is 0 Å². The van der Waals surface area contributed by atoms with Crippen molar-refractivity contribution in [3.05, 3.63) is 52.8 Å². The number of para-hydroxylation sites is 1. The van der Waals surface area contributed by atoms with Crippen LogP contribution < -0.4 is 9.46 Å². The molecule has 0 radical (unpaired) electrons. The summed E-state index contributed by atoms with van der Waals surface area (Å²) in [5.74, 6) is 0.715. The largest absolute Gasteiger partial charge is 0.491 e. The van der Waals surface area contributed by atoms with Gasteiger partial charge in [0, 0.05) is 22.4 Å². The third kappa shape index (κ3) is 2.56. The number of hydrogen-bond donors (Lipinski definition) is 1. The van der Waals surface area contributed by atoms with E-state index in [0.29, 0.717) is 16.8 Å². The molecule has 0 fully saturated rings. The highest BCUT2D eigenvalue weighted by Gasteiger charge is 2.28. The average molecular weight is 355 g/mol. The zero-order valence-electron chi connectivity index (χ0n) is 10.3.